The minimum absolute atomic E-state index is 0.177. The van der Waals surface area contributed by atoms with Gasteiger partial charge in [-0.1, -0.05) is 13.8 Å². The van der Waals surface area contributed by atoms with Crippen molar-refractivity contribution in [2.45, 2.75) is 52.7 Å². The van der Waals surface area contributed by atoms with Crippen LogP contribution in [0.25, 0.3) is 0 Å². The molecule has 0 heterocycles. The fourth-order valence-electron chi connectivity index (χ4n) is 1.33. The molecular weight excluding hydrogens is 150 g/mol. The first-order valence-corrected chi connectivity index (χ1v) is 4.93. The fraction of sp³-hybridized carbons (Fsp3) is 1.00. The van der Waals surface area contributed by atoms with Crippen LogP contribution >= 0.6 is 0 Å². The molecule has 0 aliphatic heterocycles. The SMILES string of the molecule is CC(C)C[C@@H](C)NCCC(C)O. The zero-order valence-corrected chi connectivity index (χ0v) is 8.80. The van der Waals surface area contributed by atoms with Crippen LogP contribution in [-0.4, -0.2) is 23.8 Å². The zero-order chi connectivity index (χ0) is 9.56. The summed E-state index contributed by atoms with van der Waals surface area (Å²) in [6.45, 7) is 9.40. The van der Waals surface area contributed by atoms with E-state index in [2.05, 4.69) is 26.1 Å². The predicted octanol–water partition coefficient (Wildman–Crippen LogP) is 1.78. The van der Waals surface area contributed by atoms with Crippen LogP contribution in [-0.2, 0) is 0 Å². The molecule has 0 saturated carbocycles. The molecule has 0 bridgehead atoms. The molecule has 0 rings (SSSR count). The number of aliphatic hydroxyl groups is 1. The number of nitrogens with one attached hydrogen (secondary N) is 1. The fourth-order valence-corrected chi connectivity index (χ4v) is 1.33. The van der Waals surface area contributed by atoms with Gasteiger partial charge in [0.25, 0.3) is 0 Å². The lowest BCUT2D eigenvalue weighted by Crippen LogP contribution is -2.29. The summed E-state index contributed by atoms with van der Waals surface area (Å²) in [6, 6.07) is 0.573. The van der Waals surface area contributed by atoms with Crippen molar-refractivity contribution in [3.05, 3.63) is 0 Å². The van der Waals surface area contributed by atoms with Crippen LogP contribution in [0.4, 0.5) is 0 Å². The third-order valence-corrected chi connectivity index (χ3v) is 1.88. The van der Waals surface area contributed by atoms with Gasteiger partial charge in [0.05, 0.1) is 6.10 Å². The number of hydrogen-bond acceptors (Lipinski definition) is 2. The van der Waals surface area contributed by atoms with Crippen LogP contribution in [0.5, 0.6) is 0 Å². The first-order valence-electron chi connectivity index (χ1n) is 4.93. The Morgan fingerprint density at radius 1 is 1.17 bits per heavy atom. The van der Waals surface area contributed by atoms with Gasteiger partial charge in [0.2, 0.25) is 0 Å². The Bertz CT molecular complexity index is 102. The second-order valence-electron chi connectivity index (χ2n) is 4.12. The van der Waals surface area contributed by atoms with E-state index in [4.69, 9.17) is 5.11 Å². The lowest BCUT2D eigenvalue weighted by Gasteiger charge is -2.16. The molecule has 0 radical (unpaired) electrons. The van der Waals surface area contributed by atoms with Gasteiger partial charge in [-0.25, -0.2) is 0 Å². The Balaban J connectivity index is 3.25. The van der Waals surface area contributed by atoms with Crippen LogP contribution in [0.1, 0.15) is 40.5 Å². The molecule has 2 heteroatoms. The standard InChI is InChI=1S/C10H23NO/c1-8(2)7-9(3)11-6-5-10(4)12/h8-12H,5-7H2,1-4H3/t9-,10?/m1/s1. The molecule has 12 heavy (non-hydrogen) atoms. The van der Waals surface area contributed by atoms with Crippen molar-refractivity contribution in [1.29, 1.82) is 0 Å². The summed E-state index contributed by atoms with van der Waals surface area (Å²) in [5.41, 5.74) is 0. The van der Waals surface area contributed by atoms with Crippen molar-refractivity contribution in [2.75, 3.05) is 6.54 Å². The topological polar surface area (TPSA) is 32.3 Å². The average molecular weight is 173 g/mol. The smallest absolute Gasteiger partial charge is 0.0524 e. The highest BCUT2D eigenvalue weighted by molar-refractivity contribution is 4.63. The monoisotopic (exact) mass is 173 g/mol. The van der Waals surface area contributed by atoms with E-state index >= 15 is 0 Å². The molecule has 2 nitrogen and oxygen atoms in total. The van der Waals surface area contributed by atoms with E-state index < -0.39 is 0 Å². The number of aliphatic hydroxyl groups excluding tert-OH is 1. The molecule has 0 aromatic carbocycles. The van der Waals surface area contributed by atoms with E-state index in [9.17, 15) is 0 Å². The van der Waals surface area contributed by atoms with E-state index in [1.807, 2.05) is 6.92 Å². The van der Waals surface area contributed by atoms with Crippen molar-refractivity contribution in [1.82, 2.24) is 5.32 Å². The van der Waals surface area contributed by atoms with Crippen molar-refractivity contribution >= 4 is 0 Å². The van der Waals surface area contributed by atoms with Crippen molar-refractivity contribution in [3.8, 4) is 0 Å². The number of hydrogen-bond donors (Lipinski definition) is 2. The van der Waals surface area contributed by atoms with Gasteiger partial charge >= 0.3 is 0 Å². The quantitative estimate of drug-likeness (QED) is 0.641. The molecule has 2 N–H and O–H groups in total. The Hall–Kier alpha value is -0.0800. The molecule has 1 unspecified atom stereocenters. The highest BCUT2D eigenvalue weighted by Gasteiger charge is 2.03. The molecule has 0 aromatic heterocycles. The van der Waals surface area contributed by atoms with E-state index in [0.717, 1.165) is 18.9 Å². The molecule has 0 aliphatic carbocycles. The summed E-state index contributed by atoms with van der Waals surface area (Å²) in [6.07, 6.45) is 1.88. The van der Waals surface area contributed by atoms with Gasteiger partial charge in [0, 0.05) is 6.04 Å². The van der Waals surface area contributed by atoms with Gasteiger partial charge < -0.3 is 10.4 Å². The Kier molecular flexibility index (Phi) is 6.39. The third-order valence-electron chi connectivity index (χ3n) is 1.88. The average Bonchev–Trinajstić information content (AvgIpc) is 1.84. The predicted molar refractivity (Wildman–Crippen MR) is 53.2 cm³/mol. The maximum Gasteiger partial charge on any atom is 0.0524 e. The molecule has 0 aliphatic rings. The zero-order valence-electron chi connectivity index (χ0n) is 8.80. The summed E-state index contributed by atoms with van der Waals surface area (Å²) in [5, 5.41) is 12.4. The molecule has 74 valence electrons. The third kappa shape index (κ3) is 8.02. The minimum Gasteiger partial charge on any atom is -0.393 e. The highest BCUT2D eigenvalue weighted by Crippen LogP contribution is 2.03. The Labute approximate surface area is 76.4 Å². The molecule has 0 saturated heterocycles. The molecular formula is C10H23NO. The maximum atomic E-state index is 9.01. The Morgan fingerprint density at radius 3 is 2.17 bits per heavy atom. The summed E-state index contributed by atoms with van der Waals surface area (Å²) in [4.78, 5) is 0. The summed E-state index contributed by atoms with van der Waals surface area (Å²) >= 11 is 0. The van der Waals surface area contributed by atoms with Crippen molar-refractivity contribution < 1.29 is 5.11 Å². The molecule has 0 aromatic rings. The van der Waals surface area contributed by atoms with Gasteiger partial charge in [0.1, 0.15) is 0 Å². The minimum atomic E-state index is -0.177. The van der Waals surface area contributed by atoms with Gasteiger partial charge in [-0.15, -0.1) is 0 Å². The van der Waals surface area contributed by atoms with Crippen LogP contribution < -0.4 is 5.32 Å². The molecule has 0 spiro atoms. The lowest BCUT2D eigenvalue weighted by atomic mass is 10.1. The van der Waals surface area contributed by atoms with Gasteiger partial charge in [-0.05, 0) is 39.2 Å². The van der Waals surface area contributed by atoms with Gasteiger partial charge in [0.15, 0.2) is 0 Å². The second-order valence-corrected chi connectivity index (χ2v) is 4.12. The molecule has 0 fully saturated rings. The van der Waals surface area contributed by atoms with Crippen molar-refractivity contribution in [3.63, 3.8) is 0 Å². The van der Waals surface area contributed by atoms with Crippen LogP contribution in [0.3, 0.4) is 0 Å². The van der Waals surface area contributed by atoms with Crippen molar-refractivity contribution in [2.24, 2.45) is 5.92 Å². The van der Waals surface area contributed by atoms with Crippen LogP contribution in [0.2, 0.25) is 0 Å². The second kappa shape index (κ2) is 6.44. The molecule has 0 amide bonds. The lowest BCUT2D eigenvalue weighted by molar-refractivity contribution is 0.182. The van der Waals surface area contributed by atoms with Gasteiger partial charge in [-0.3, -0.25) is 0 Å². The van der Waals surface area contributed by atoms with Crippen LogP contribution in [0, 0.1) is 5.92 Å². The van der Waals surface area contributed by atoms with E-state index in [-0.39, 0.29) is 6.10 Å². The first kappa shape index (κ1) is 11.9. The highest BCUT2D eigenvalue weighted by atomic mass is 16.3. The normalized spacial score (nSPS) is 16.5. The van der Waals surface area contributed by atoms with E-state index in [1.165, 1.54) is 6.42 Å². The summed E-state index contributed by atoms with van der Waals surface area (Å²) in [7, 11) is 0. The Morgan fingerprint density at radius 2 is 1.75 bits per heavy atom. The maximum absolute atomic E-state index is 9.01. The number of rotatable bonds is 6. The summed E-state index contributed by atoms with van der Waals surface area (Å²) < 4.78 is 0. The largest absolute Gasteiger partial charge is 0.393 e. The van der Waals surface area contributed by atoms with Gasteiger partial charge in [-0.2, -0.15) is 0 Å². The van der Waals surface area contributed by atoms with E-state index in [0.29, 0.717) is 6.04 Å². The first-order chi connectivity index (χ1) is 5.52. The van der Waals surface area contributed by atoms with E-state index in [1.54, 1.807) is 0 Å². The van der Waals surface area contributed by atoms with Crippen LogP contribution in [0.15, 0.2) is 0 Å². The summed E-state index contributed by atoms with van der Waals surface area (Å²) in [5.74, 6) is 0.749. The molecule has 2 atom stereocenters.